The van der Waals surface area contributed by atoms with Gasteiger partial charge in [0.2, 0.25) is 0 Å². The van der Waals surface area contributed by atoms with Crippen molar-refractivity contribution in [3.8, 4) is 100 Å². The molecule has 18 aromatic carbocycles. The van der Waals surface area contributed by atoms with Gasteiger partial charge in [-0.15, -0.1) is 0 Å². The molecule has 0 N–H and O–H groups in total. The van der Waals surface area contributed by atoms with E-state index < -0.39 is 0 Å². The first-order valence-corrected chi connectivity index (χ1v) is 51.1. The Kier molecular flexibility index (Phi) is 40.0. The van der Waals surface area contributed by atoms with E-state index >= 15 is 0 Å². The minimum Gasteiger partial charge on any atom is -0.0622 e. The van der Waals surface area contributed by atoms with E-state index in [0.29, 0.717) is 0 Å². The second-order valence-corrected chi connectivity index (χ2v) is 40.8. The molecule has 0 aliphatic rings. The molecule has 0 aliphatic carbocycles. The van der Waals surface area contributed by atoms with Crippen molar-refractivity contribution in [1.29, 1.82) is 0 Å². The highest BCUT2D eigenvalue weighted by atomic mass is 14.2. The standard InChI is InChI=1S/C18H22.C17H20.3C16H18.4C15H16/c1-11-7-14(4)18(15(5)8-11)17-9-12(2)16(6)13(3)10-17;1-11-6-7-17(14(4)8-11)16-9-12(2)15(5)13(3)10-16;3*1-11-5-8-16(14(4)9-11)15-7-6-12(2)13(3)10-15;2*1-11-8-9-14(10-13(11)3)15-7-5-4-6-12(15)2;2*1-11-9-15(10-12(2)13(11)3)14-7-5-4-6-8-14/h7-10H,1-6H3;6-10H,1-5H3;3*5-10H,1-4H3;4*4-10H,1-3H3. The van der Waals surface area contributed by atoms with Gasteiger partial charge in [0, 0.05) is 0 Å². The van der Waals surface area contributed by atoms with Crippen molar-refractivity contribution in [2.24, 2.45) is 0 Å². The smallest absolute Gasteiger partial charge is 0.0125 e. The highest BCUT2D eigenvalue weighted by Crippen LogP contribution is 2.37. The predicted molar refractivity (Wildman–Crippen MR) is 633 cm³/mol. The summed E-state index contributed by atoms with van der Waals surface area (Å²) in [5.74, 6) is 0. The SMILES string of the molecule is Cc1cc(-c2ccccc2)cc(C)c1C.Cc1cc(-c2ccccc2)cc(C)c1C.Cc1cc(C)c(-c2cc(C)c(C)c(C)c2)c(C)c1.Cc1ccc(-c2cc(C)c(C)c(C)c2)c(C)c1.Cc1ccc(-c2ccc(C)c(C)c2)c(C)c1.Cc1ccc(-c2ccc(C)c(C)c2)c(C)c1.Cc1ccc(-c2ccc(C)c(C)c2)c(C)c1.Cc1ccc(-c2ccccc2C)cc1C.Cc1ccc(-c2ccccc2C)cc1C. The molecule has 0 radical (unpaired) electrons. The fourth-order valence-electron chi connectivity index (χ4n) is 18.6. The van der Waals surface area contributed by atoms with Crippen LogP contribution in [-0.4, -0.2) is 0 Å². The fraction of sp³-hybridized carbons (Fsp3) is 0.245. The lowest BCUT2D eigenvalue weighted by Gasteiger charge is -2.15. The Morgan fingerprint density at radius 2 is 0.280 bits per heavy atom. The minimum absolute atomic E-state index is 1.30. The third-order valence-corrected chi connectivity index (χ3v) is 29.1. The summed E-state index contributed by atoms with van der Waals surface area (Å²) in [5, 5.41) is 0. The van der Waals surface area contributed by atoms with Gasteiger partial charge in [-0.1, -0.05) is 361 Å². The van der Waals surface area contributed by atoms with Crippen molar-refractivity contribution >= 4 is 0 Å². The largest absolute Gasteiger partial charge is 0.0622 e. The van der Waals surface area contributed by atoms with Crippen molar-refractivity contribution in [2.45, 2.75) is 242 Å². The quantitative estimate of drug-likeness (QED) is 0.135. The van der Waals surface area contributed by atoms with Crippen LogP contribution in [0.25, 0.3) is 100 Å². The highest BCUT2D eigenvalue weighted by molar-refractivity contribution is 5.77. The maximum Gasteiger partial charge on any atom is -0.0125 e. The molecule has 0 heteroatoms. The molecule has 0 aliphatic heterocycles. The van der Waals surface area contributed by atoms with E-state index in [4.69, 9.17) is 0 Å². The first-order valence-electron chi connectivity index (χ1n) is 51.1. The monoisotopic (exact) mass is 1880 g/mol. The van der Waals surface area contributed by atoms with Crippen molar-refractivity contribution in [1.82, 2.24) is 0 Å². The molecule has 732 valence electrons. The van der Waals surface area contributed by atoms with Gasteiger partial charge in [-0.05, 0) is 509 Å². The van der Waals surface area contributed by atoms with E-state index in [1.165, 1.54) is 295 Å². The van der Waals surface area contributed by atoms with Gasteiger partial charge in [-0.25, -0.2) is 0 Å². The first kappa shape index (κ1) is 111. The number of benzene rings is 18. The zero-order chi connectivity index (χ0) is 104. The Hall–Kier alpha value is -14.0. The molecule has 0 atom stereocenters. The van der Waals surface area contributed by atoms with Crippen LogP contribution in [-0.2, 0) is 0 Å². The van der Waals surface area contributed by atoms with Gasteiger partial charge < -0.3 is 0 Å². The summed E-state index contributed by atoms with van der Waals surface area (Å²) >= 11 is 0. The van der Waals surface area contributed by atoms with Crippen molar-refractivity contribution < 1.29 is 0 Å². The van der Waals surface area contributed by atoms with E-state index in [9.17, 15) is 0 Å². The van der Waals surface area contributed by atoms with Crippen LogP contribution < -0.4 is 0 Å². The zero-order valence-electron chi connectivity index (χ0n) is 93.3. The van der Waals surface area contributed by atoms with E-state index in [0.717, 1.165) is 0 Å². The van der Waals surface area contributed by atoms with Gasteiger partial charge in [0.1, 0.15) is 0 Å². The van der Waals surface area contributed by atoms with Crippen LogP contribution in [0.15, 0.2) is 334 Å². The highest BCUT2D eigenvalue weighted by Gasteiger charge is 2.15. The third-order valence-electron chi connectivity index (χ3n) is 29.1. The molecule has 0 fully saturated rings. The molecule has 0 aromatic heterocycles. The maximum atomic E-state index is 2.31. The Morgan fingerprint density at radius 1 is 0.0909 bits per heavy atom. The molecule has 0 bridgehead atoms. The van der Waals surface area contributed by atoms with Gasteiger partial charge >= 0.3 is 0 Å². The molecule has 0 saturated carbocycles. The Bertz CT molecular complexity index is 6890. The van der Waals surface area contributed by atoms with E-state index in [2.05, 4.69) is 576 Å². The number of hydrogen-bond acceptors (Lipinski definition) is 0. The van der Waals surface area contributed by atoms with Crippen molar-refractivity contribution in [3.63, 3.8) is 0 Å². The average molecular weight is 1880 g/mol. The van der Waals surface area contributed by atoms with Crippen LogP contribution >= 0.6 is 0 Å². The van der Waals surface area contributed by atoms with Crippen LogP contribution in [0, 0.1) is 242 Å². The summed E-state index contributed by atoms with van der Waals surface area (Å²) in [4.78, 5) is 0. The van der Waals surface area contributed by atoms with Crippen LogP contribution in [0.4, 0.5) is 0 Å². The van der Waals surface area contributed by atoms with Crippen LogP contribution in [0.1, 0.15) is 195 Å². The summed E-state index contributed by atoms with van der Waals surface area (Å²) in [6, 6.07) is 121. The van der Waals surface area contributed by atoms with Crippen LogP contribution in [0.3, 0.4) is 0 Å². The van der Waals surface area contributed by atoms with Gasteiger partial charge in [-0.2, -0.15) is 0 Å². The summed E-state index contributed by atoms with van der Waals surface area (Å²) < 4.78 is 0. The summed E-state index contributed by atoms with van der Waals surface area (Å²) in [7, 11) is 0. The van der Waals surface area contributed by atoms with Crippen LogP contribution in [0.2, 0.25) is 0 Å². The topological polar surface area (TPSA) is 0 Å². The lowest BCUT2D eigenvalue weighted by Crippen LogP contribution is -1.93. The molecule has 143 heavy (non-hydrogen) atoms. The lowest BCUT2D eigenvalue weighted by molar-refractivity contribution is 1.25. The van der Waals surface area contributed by atoms with Crippen molar-refractivity contribution in [3.05, 3.63) is 528 Å². The Morgan fingerprint density at radius 3 is 0.503 bits per heavy atom. The third kappa shape index (κ3) is 30.7. The molecular weight excluding hydrogens is 1720 g/mol. The molecule has 0 heterocycles. The summed E-state index contributed by atoms with van der Waals surface area (Å²) in [5.41, 5.74) is 71.5. The van der Waals surface area contributed by atoms with Gasteiger partial charge in [0.15, 0.2) is 0 Å². The number of hydrogen-bond donors (Lipinski definition) is 0. The molecule has 0 saturated heterocycles. The molecule has 0 nitrogen and oxygen atoms in total. The van der Waals surface area contributed by atoms with Gasteiger partial charge in [0.25, 0.3) is 0 Å². The van der Waals surface area contributed by atoms with E-state index in [1.807, 2.05) is 0 Å². The second kappa shape index (κ2) is 51.6. The van der Waals surface area contributed by atoms with Gasteiger partial charge in [-0.3, -0.25) is 0 Å². The zero-order valence-corrected chi connectivity index (χ0v) is 93.3. The molecule has 18 aromatic rings. The minimum atomic E-state index is 1.30. The van der Waals surface area contributed by atoms with Crippen LogP contribution in [0.5, 0.6) is 0 Å². The normalized spacial score (nSPS) is 10.5. The number of rotatable bonds is 9. The Balaban J connectivity index is 0.000000165. The Labute approximate surface area is 864 Å². The second-order valence-electron chi connectivity index (χ2n) is 40.8. The maximum absolute atomic E-state index is 2.31. The van der Waals surface area contributed by atoms with Gasteiger partial charge in [0.05, 0.1) is 0 Å². The molecular formula is C143H160. The summed E-state index contributed by atoms with van der Waals surface area (Å²) in [6.07, 6.45) is 0. The first-order chi connectivity index (χ1) is 67.8. The molecule has 0 spiro atoms. The van der Waals surface area contributed by atoms with Crippen molar-refractivity contribution in [2.75, 3.05) is 0 Å². The fourth-order valence-corrected chi connectivity index (χ4v) is 18.6. The van der Waals surface area contributed by atoms with E-state index in [-0.39, 0.29) is 0 Å². The predicted octanol–water partition coefficient (Wildman–Crippen LogP) is 41.0. The van der Waals surface area contributed by atoms with E-state index in [1.54, 1.807) is 0 Å². The molecule has 0 unspecified atom stereocenters. The molecule has 0 amide bonds. The number of aryl methyl sites for hydroxylation is 31. The lowest BCUT2D eigenvalue weighted by atomic mass is 9.90. The summed E-state index contributed by atoms with van der Waals surface area (Å²) in [6.45, 7) is 76.0. The molecule has 18 rings (SSSR count). The average Bonchev–Trinajstić information content (AvgIpc) is 0.792.